The predicted octanol–water partition coefficient (Wildman–Crippen LogP) is 0.0983. The molecule has 0 aromatic heterocycles. The van der Waals surface area contributed by atoms with Crippen molar-refractivity contribution >= 4 is 17.6 Å². The molecule has 0 saturated heterocycles. The number of carbonyl (C=O) groups is 1. The van der Waals surface area contributed by atoms with Crippen molar-refractivity contribution in [1.29, 1.82) is 0 Å². The van der Waals surface area contributed by atoms with Gasteiger partial charge in [-0.25, -0.2) is 0 Å². The number of hydrogen-bond donors (Lipinski definition) is 1. The first kappa shape index (κ1) is 6.78. The standard InChI is InChI=1S/C7H5N3O2/c11-7-6(9-12)10-4-2-1-3-5(10)8-7/h1-4,12H/b9-6+. The van der Waals surface area contributed by atoms with Gasteiger partial charge in [-0.05, 0) is 12.2 Å². The van der Waals surface area contributed by atoms with E-state index in [2.05, 4.69) is 10.1 Å². The Hall–Kier alpha value is -1.91. The van der Waals surface area contributed by atoms with Gasteiger partial charge in [-0.2, -0.15) is 4.99 Å². The molecule has 5 heteroatoms. The molecule has 0 aromatic rings. The van der Waals surface area contributed by atoms with Crippen LogP contribution in [-0.4, -0.2) is 27.7 Å². The molecule has 0 atom stereocenters. The van der Waals surface area contributed by atoms with Crippen LogP contribution in [0.1, 0.15) is 0 Å². The molecule has 0 radical (unpaired) electrons. The van der Waals surface area contributed by atoms with Crippen molar-refractivity contribution in [2.75, 3.05) is 0 Å². The normalized spacial score (nSPS) is 23.3. The van der Waals surface area contributed by atoms with Crippen LogP contribution in [0, 0.1) is 0 Å². The van der Waals surface area contributed by atoms with Crippen molar-refractivity contribution < 1.29 is 10.0 Å². The van der Waals surface area contributed by atoms with E-state index in [-0.39, 0.29) is 5.84 Å². The van der Waals surface area contributed by atoms with E-state index in [9.17, 15) is 4.79 Å². The Morgan fingerprint density at radius 2 is 2.33 bits per heavy atom. The van der Waals surface area contributed by atoms with Crippen LogP contribution in [0.15, 0.2) is 34.6 Å². The highest BCUT2D eigenvalue weighted by Crippen LogP contribution is 2.11. The van der Waals surface area contributed by atoms with Crippen molar-refractivity contribution in [3.05, 3.63) is 24.4 Å². The zero-order valence-electron chi connectivity index (χ0n) is 6.01. The van der Waals surface area contributed by atoms with Gasteiger partial charge in [-0.3, -0.25) is 9.69 Å². The molecular formula is C7H5N3O2. The summed E-state index contributed by atoms with van der Waals surface area (Å²) < 4.78 is 0. The summed E-state index contributed by atoms with van der Waals surface area (Å²) >= 11 is 0. The summed E-state index contributed by atoms with van der Waals surface area (Å²) in [4.78, 5) is 16.0. The third-order valence-electron chi connectivity index (χ3n) is 1.57. The zero-order chi connectivity index (χ0) is 8.55. The van der Waals surface area contributed by atoms with E-state index in [0.717, 1.165) is 0 Å². The van der Waals surface area contributed by atoms with E-state index in [1.165, 1.54) is 4.90 Å². The van der Waals surface area contributed by atoms with Crippen molar-refractivity contribution in [2.45, 2.75) is 0 Å². The number of nitrogens with zero attached hydrogens (tertiary/aromatic N) is 3. The number of amidine groups is 2. The maximum atomic E-state index is 11.0. The van der Waals surface area contributed by atoms with Gasteiger partial charge in [0.1, 0.15) is 5.84 Å². The Morgan fingerprint density at radius 1 is 1.50 bits per heavy atom. The van der Waals surface area contributed by atoms with Gasteiger partial charge >= 0.3 is 5.91 Å². The summed E-state index contributed by atoms with van der Waals surface area (Å²) in [5.41, 5.74) is 0. The SMILES string of the molecule is O=C1N=C2C=CC=CN2/C1=N/O. The smallest absolute Gasteiger partial charge is 0.318 e. The highest BCUT2D eigenvalue weighted by molar-refractivity contribution is 6.47. The Balaban J connectivity index is 2.46. The zero-order valence-corrected chi connectivity index (χ0v) is 6.01. The maximum Gasteiger partial charge on any atom is 0.318 e. The fourth-order valence-electron chi connectivity index (χ4n) is 1.05. The molecule has 60 valence electrons. The quantitative estimate of drug-likeness (QED) is 0.406. The lowest BCUT2D eigenvalue weighted by molar-refractivity contribution is -0.111. The first-order valence-electron chi connectivity index (χ1n) is 3.32. The summed E-state index contributed by atoms with van der Waals surface area (Å²) in [6, 6.07) is 0. The fourth-order valence-corrected chi connectivity index (χ4v) is 1.05. The number of hydrogen-bond acceptors (Lipinski definition) is 3. The van der Waals surface area contributed by atoms with Crippen LogP contribution in [0.5, 0.6) is 0 Å². The van der Waals surface area contributed by atoms with Gasteiger partial charge in [-0.1, -0.05) is 11.2 Å². The third kappa shape index (κ3) is 0.763. The first-order chi connectivity index (χ1) is 5.83. The van der Waals surface area contributed by atoms with E-state index in [1.54, 1.807) is 24.4 Å². The minimum Gasteiger partial charge on any atom is -0.409 e. The monoisotopic (exact) mass is 163 g/mol. The lowest BCUT2D eigenvalue weighted by atomic mass is 10.3. The molecular weight excluding hydrogens is 158 g/mol. The van der Waals surface area contributed by atoms with E-state index in [4.69, 9.17) is 5.21 Å². The number of oxime groups is 1. The number of allylic oxidation sites excluding steroid dienone is 2. The minimum atomic E-state index is -0.524. The number of aliphatic imine (C=N–C) groups is 1. The Morgan fingerprint density at radius 3 is 3.08 bits per heavy atom. The fraction of sp³-hybridized carbons (Fsp3) is 0. The second-order valence-corrected chi connectivity index (χ2v) is 2.27. The van der Waals surface area contributed by atoms with Crippen molar-refractivity contribution in [2.24, 2.45) is 10.1 Å². The molecule has 2 heterocycles. The predicted molar refractivity (Wildman–Crippen MR) is 41.8 cm³/mol. The van der Waals surface area contributed by atoms with Crippen LogP contribution in [-0.2, 0) is 4.79 Å². The number of rotatable bonds is 0. The van der Waals surface area contributed by atoms with E-state index >= 15 is 0 Å². The van der Waals surface area contributed by atoms with Crippen LogP contribution in [0.4, 0.5) is 0 Å². The molecule has 2 aliphatic rings. The molecule has 0 saturated carbocycles. The lowest BCUT2D eigenvalue weighted by Gasteiger charge is -2.12. The maximum absolute atomic E-state index is 11.0. The molecule has 0 unspecified atom stereocenters. The van der Waals surface area contributed by atoms with Gasteiger partial charge in [-0.15, -0.1) is 0 Å². The highest BCUT2D eigenvalue weighted by atomic mass is 16.4. The molecule has 12 heavy (non-hydrogen) atoms. The Bertz CT molecular complexity index is 352. The molecule has 2 aliphatic heterocycles. The molecule has 1 N–H and O–H groups in total. The van der Waals surface area contributed by atoms with Crippen LogP contribution in [0.2, 0.25) is 0 Å². The summed E-state index contributed by atoms with van der Waals surface area (Å²) in [7, 11) is 0. The molecule has 5 nitrogen and oxygen atoms in total. The van der Waals surface area contributed by atoms with Crippen LogP contribution >= 0.6 is 0 Å². The first-order valence-corrected chi connectivity index (χ1v) is 3.32. The van der Waals surface area contributed by atoms with Gasteiger partial charge in [0, 0.05) is 6.20 Å². The van der Waals surface area contributed by atoms with Crippen molar-refractivity contribution in [1.82, 2.24) is 4.90 Å². The average molecular weight is 163 g/mol. The number of carbonyl (C=O) groups excluding carboxylic acids is 1. The van der Waals surface area contributed by atoms with Crippen LogP contribution < -0.4 is 0 Å². The number of amides is 1. The van der Waals surface area contributed by atoms with Crippen molar-refractivity contribution in [3.63, 3.8) is 0 Å². The topological polar surface area (TPSA) is 65.3 Å². The molecule has 0 aliphatic carbocycles. The summed E-state index contributed by atoms with van der Waals surface area (Å²) in [5.74, 6) is -0.107. The highest BCUT2D eigenvalue weighted by Gasteiger charge is 2.29. The summed E-state index contributed by atoms with van der Waals surface area (Å²) in [5, 5.41) is 11.3. The van der Waals surface area contributed by atoms with E-state index in [1.807, 2.05) is 0 Å². The van der Waals surface area contributed by atoms with Gasteiger partial charge in [0.15, 0.2) is 0 Å². The molecule has 0 fully saturated rings. The average Bonchev–Trinajstić information content (AvgIpc) is 2.40. The number of fused-ring (bicyclic) bond motifs is 1. The molecule has 0 spiro atoms. The lowest BCUT2D eigenvalue weighted by Crippen LogP contribution is -2.29. The second-order valence-electron chi connectivity index (χ2n) is 2.27. The van der Waals surface area contributed by atoms with E-state index in [0.29, 0.717) is 5.84 Å². The minimum absolute atomic E-state index is 0.0643. The van der Waals surface area contributed by atoms with Crippen molar-refractivity contribution in [3.8, 4) is 0 Å². The van der Waals surface area contributed by atoms with Gasteiger partial charge < -0.3 is 5.21 Å². The van der Waals surface area contributed by atoms with Gasteiger partial charge in [0.2, 0.25) is 5.84 Å². The third-order valence-corrected chi connectivity index (χ3v) is 1.57. The van der Waals surface area contributed by atoms with Gasteiger partial charge in [0.05, 0.1) is 0 Å². The summed E-state index contributed by atoms with van der Waals surface area (Å²) in [6.07, 6.45) is 6.75. The summed E-state index contributed by atoms with van der Waals surface area (Å²) in [6.45, 7) is 0. The Labute approximate surface area is 68.0 Å². The van der Waals surface area contributed by atoms with Crippen LogP contribution in [0.3, 0.4) is 0 Å². The molecule has 1 amide bonds. The van der Waals surface area contributed by atoms with Gasteiger partial charge in [0.25, 0.3) is 0 Å². The molecule has 0 aromatic carbocycles. The largest absolute Gasteiger partial charge is 0.409 e. The second kappa shape index (κ2) is 2.30. The Kier molecular flexibility index (Phi) is 1.30. The van der Waals surface area contributed by atoms with Crippen LogP contribution in [0.25, 0.3) is 0 Å². The molecule has 2 rings (SSSR count). The van der Waals surface area contributed by atoms with E-state index < -0.39 is 5.91 Å². The molecule has 0 bridgehead atoms.